The second kappa shape index (κ2) is 6.76. The Labute approximate surface area is 137 Å². The van der Waals surface area contributed by atoms with E-state index in [2.05, 4.69) is 5.32 Å². The number of carbonyl (C=O) groups is 1. The first kappa shape index (κ1) is 16.9. The van der Waals surface area contributed by atoms with Gasteiger partial charge in [0.2, 0.25) is 0 Å². The number of aliphatic hydroxyl groups is 1. The fourth-order valence-electron chi connectivity index (χ4n) is 2.17. The number of nitro groups is 1. The molecular weight excluding hydrogens is 320 g/mol. The molecule has 0 aromatic heterocycles. The molecule has 23 heavy (non-hydrogen) atoms. The van der Waals surface area contributed by atoms with E-state index in [0.717, 1.165) is 0 Å². The Morgan fingerprint density at radius 1 is 1.26 bits per heavy atom. The molecule has 0 aliphatic rings. The molecule has 2 aromatic carbocycles. The minimum atomic E-state index is -1.41. The second-order valence-electron chi connectivity index (χ2n) is 5.21. The van der Waals surface area contributed by atoms with Crippen LogP contribution in [-0.2, 0) is 5.60 Å². The molecular formula is C16H15ClN2O4. The van der Waals surface area contributed by atoms with E-state index in [4.69, 9.17) is 11.6 Å². The minimum absolute atomic E-state index is 0.0625. The monoisotopic (exact) mass is 334 g/mol. The first-order valence-electron chi connectivity index (χ1n) is 6.82. The standard InChI is InChI=1S/C16H15ClN2O4/c1-16(21,12-7-3-4-8-13(12)17)10-18-15(20)11-6-2-5-9-14(11)19(22)23/h2-9,21H,10H2,1H3,(H,18,20)/t16-/m1/s1. The average molecular weight is 335 g/mol. The fraction of sp³-hybridized carbons (Fsp3) is 0.188. The summed E-state index contributed by atoms with van der Waals surface area (Å²) >= 11 is 6.05. The van der Waals surface area contributed by atoms with E-state index in [1.54, 1.807) is 24.3 Å². The van der Waals surface area contributed by atoms with Crippen molar-refractivity contribution >= 4 is 23.2 Å². The number of carbonyl (C=O) groups excluding carboxylic acids is 1. The van der Waals surface area contributed by atoms with Crippen molar-refractivity contribution in [3.63, 3.8) is 0 Å². The normalized spacial score (nSPS) is 13.2. The highest BCUT2D eigenvalue weighted by atomic mass is 35.5. The van der Waals surface area contributed by atoms with E-state index in [-0.39, 0.29) is 17.8 Å². The van der Waals surface area contributed by atoms with Crippen LogP contribution in [0.1, 0.15) is 22.8 Å². The average Bonchev–Trinajstić information content (AvgIpc) is 2.53. The van der Waals surface area contributed by atoms with E-state index >= 15 is 0 Å². The Bertz CT molecular complexity index is 746. The predicted octanol–water partition coefficient (Wildman–Crippen LogP) is 2.89. The molecule has 0 saturated heterocycles. The summed E-state index contributed by atoms with van der Waals surface area (Å²) in [6.45, 7) is 1.37. The van der Waals surface area contributed by atoms with Crippen molar-refractivity contribution in [2.24, 2.45) is 0 Å². The SMILES string of the molecule is C[C@@](O)(CNC(=O)c1ccccc1[N+](=O)[O-])c1ccccc1Cl. The summed E-state index contributed by atoms with van der Waals surface area (Å²) in [6, 6.07) is 12.4. The Balaban J connectivity index is 2.16. The van der Waals surface area contributed by atoms with Gasteiger partial charge in [-0.25, -0.2) is 0 Å². The van der Waals surface area contributed by atoms with Gasteiger partial charge in [0.15, 0.2) is 0 Å². The summed E-state index contributed by atoms with van der Waals surface area (Å²) in [5.41, 5.74) is -1.29. The quantitative estimate of drug-likeness (QED) is 0.649. The lowest BCUT2D eigenvalue weighted by Crippen LogP contribution is -2.39. The smallest absolute Gasteiger partial charge is 0.282 e. The summed E-state index contributed by atoms with van der Waals surface area (Å²) in [5.74, 6) is -0.635. The van der Waals surface area contributed by atoms with E-state index in [1.165, 1.54) is 31.2 Å². The van der Waals surface area contributed by atoms with E-state index in [0.29, 0.717) is 10.6 Å². The molecule has 120 valence electrons. The van der Waals surface area contributed by atoms with Crippen LogP contribution in [0.25, 0.3) is 0 Å². The van der Waals surface area contributed by atoms with Crippen molar-refractivity contribution in [3.8, 4) is 0 Å². The predicted molar refractivity (Wildman–Crippen MR) is 86.5 cm³/mol. The van der Waals surface area contributed by atoms with Gasteiger partial charge in [-0.1, -0.05) is 41.9 Å². The van der Waals surface area contributed by atoms with Crippen LogP contribution in [-0.4, -0.2) is 22.5 Å². The van der Waals surface area contributed by atoms with Gasteiger partial charge in [-0.05, 0) is 19.1 Å². The van der Waals surface area contributed by atoms with Crippen LogP contribution >= 0.6 is 11.6 Å². The van der Waals surface area contributed by atoms with Crippen molar-refractivity contribution in [1.82, 2.24) is 5.32 Å². The number of benzene rings is 2. The molecule has 2 rings (SSSR count). The largest absolute Gasteiger partial charge is 0.384 e. The third-order valence-electron chi connectivity index (χ3n) is 3.39. The highest BCUT2D eigenvalue weighted by Gasteiger charge is 2.27. The van der Waals surface area contributed by atoms with Crippen molar-refractivity contribution in [3.05, 3.63) is 74.8 Å². The zero-order chi connectivity index (χ0) is 17.0. The summed E-state index contributed by atoms with van der Waals surface area (Å²) in [6.07, 6.45) is 0. The van der Waals surface area contributed by atoms with Gasteiger partial charge >= 0.3 is 0 Å². The Hall–Kier alpha value is -2.44. The van der Waals surface area contributed by atoms with Gasteiger partial charge in [-0.15, -0.1) is 0 Å². The topological polar surface area (TPSA) is 92.5 Å². The van der Waals surface area contributed by atoms with Crippen LogP contribution < -0.4 is 5.32 Å². The molecule has 0 aliphatic heterocycles. The van der Waals surface area contributed by atoms with Crippen molar-refractivity contribution in [1.29, 1.82) is 0 Å². The molecule has 6 nitrogen and oxygen atoms in total. The third kappa shape index (κ3) is 3.85. The number of rotatable bonds is 5. The molecule has 0 bridgehead atoms. The first-order valence-corrected chi connectivity index (χ1v) is 7.20. The molecule has 0 spiro atoms. The Morgan fingerprint density at radius 3 is 2.52 bits per heavy atom. The van der Waals surface area contributed by atoms with Gasteiger partial charge in [0.25, 0.3) is 11.6 Å². The summed E-state index contributed by atoms with van der Waals surface area (Å²) in [4.78, 5) is 22.5. The van der Waals surface area contributed by atoms with Crippen LogP contribution in [0.5, 0.6) is 0 Å². The van der Waals surface area contributed by atoms with E-state index < -0.39 is 16.4 Å². The van der Waals surface area contributed by atoms with E-state index in [1.807, 2.05) is 0 Å². The van der Waals surface area contributed by atoms with Crippen molar-refractivity contribution in [2.45, 2.75) is 12.5 Å². The molecule has 2 aromatic rings. The Kier molecular flexibility index (Phi) is 4.98. The van der Waals surface area contributed by atoms with Gasteiger partial charge in [-0.3, -0.25) is 14.9 Å². The maximum Gasteiger partial charge on any atom is 0.282 e. The van der Waals surface area contributed by atoms with Gasteiger partial charge < -0.3 is 10.4 Å². The number of hydrogen-bond acceptors (Lipinski definition) is 4. The van der Waals surface area contributed by atoms with Crippen LogP contribution in [0.2, 0.25) is 5.02 Å². The lowest BCUT2D eigenvalue weighted by Gasteiger charge is -2.25. The number of halogens is 1. The lowest BCUT2D eigenvalue weighted by molar-refractivity contribution is -0.385. The number of amides is 1. The van der Waals surface area contributed by atoms with Crippen molar-refractivity contribution < 1.29 is 14.8 Å². The lowest BCUT2D eigenvalue weighted by atomic mass is 9.96. The maximum absolute atomic E-state index is 12.2. The highest BCUT2D eigenvalue weighted by Crippen LogP contribution is 2.27. The molecule has 0 aliphatic carbocycles. The maximum atomic E-state index is 12.2. The molecule has 0 unspecified atom stereocenters. The van der Waals surface area contributed by atoms with Gasteiger partial charge in [0, 0.05) is 16.7 Å². The van der Waals surface area contributed by atoms with Gasteiger partial charge in [-0.2, -0.15) is 0 Å². The third-order valence-corrected chi connectivity index (χ3v) is 3.72. The minimum Gasteiger partial charge on any atom is -0.384 e. The van der Waals surface area contributed by atoms with Crippen LogP contribution in [0, 0.1) is 10.1 Å². The molecule has 7 heteroatoms. The zero-order valence-electron chi connectivity index (χ0n) is 12.3. The molecule has 0 radical (unpaired) electrons. The molecule has 1 atom stereocenters. The zero-order valence-corrected chi connectivity index (χ0v) is 13.1. The van der Waals surface area contributed by atoms with Crippen LogP contribution in [0.4, 0.5) is 5.69 Å². The highest BCUT2D eigenvalue weighted by molar-refractivity contribution is 6.31. The molecule has 1 amide bonds. The van der Waals surface area contributed by atoms with E-state index in [9.17, 15) is 20.0 Å². The molecule has 0 fully saturated rings. The van der Waals surface area contributed by atoms with Crippen molar-refractivity contribution in [2.75, 3.05) is 6.54 Å². The number of para-hydroxylation sites is 1. The van der Waals surface area contributed by atoms with Gasteiger partial charge in [0.05, 0.1) is 11.5 Å². The molecule has 2 N–H and O–H groups in total. The first-order chi connectivity index (χ1) is 10.8. The number of nitrogens with one attached hydrogen (secondary N) is 1. The van der Waals surface area contributed by atoms with Crippen LogP contribution in [0.15, 0.2) is 48.5 Å². The van der Waals surface area contributed by atoms with Crippen LogP contribution in [0.3, 0.4) is 0 Å². The summed E-state index contributed by atoms with van der Waals surface area (Å²) in [7, 11) is 0. The number of nitro benzene ring substituents is 1. The Morgan fingerprint density at radius 2 is 1.87 bits per heavy atom. The summed E-state index contributed by atoms with van der Waals surface area (Å²) < 4.78 is 0. The number of nitrogens with zero attached hydrogens (tertiary/aromatic N) is 1. The second-order valence-corrected chi connectivity index (χ2v) is 5.62. The van der Waals surface area contributed by atoms with Gasteiger partial charge in [0.1, 0.15) is 11.2 Å². The number of hydrogen-bond donors (Lipinski definition) is 2. The molecule has 0 heterocycles. The summed E-state index contributed by atoms with van der Waals surface area (Å²) in [5, 5.41) is 24.3. The fourth-order valence-corrected chi connectivity index (χ4v) is 2.50. The molecule has 0 saturated carbocycles.